The number of carbonyl (C=O) groups excluding carboxylic acids is 3. The van der Waals surface area contributed by atoms with Gasteiger partial charge in [0.25, 0.3) is 0 Å². The van der Waals surface area contributed by atoms with Crippen molar-refractivity contribution in [1.29, 1.82) is 0 Å². The van der Waals surface area contributed by atoms with Crippen molar-refractivity contribution in [2.75, 3.05) is 32.8 Å². The molecule has 0 spiro atoms. The van der Waals surface area contributed by atoms with Gasteiger partial charge in [0.15, 0.2) is 0 Å². The molecule has 29 heavy (non-hydrogen) atoms. The standard InChI is InChI=1S/C20H29N5O4/c26-18(13-25-11-12-29-20(25)28)22-16-3-1-15(2-4-16)19(27)24-9-6-14(7-10-24)17-5-8-21-23-17/h5,8,14-16H,1-4,6-7,9-13H2,(H,21,23)(H,22,26). The number of ether oxygens (including phenoxy) is 1. The SMILES string of the molecule is O=C(CN1CCOC1=O)NC1CCC(C(=O)N2CCC(c3ccn[nH]3)CC2)CC1. The Morgan fingerprint density at radius 1 is 1.14 bits per heavy atom. The molecule has 3 amide bonds. The van der Waals surface area contributed by atoms with Crippen LogP contribution in [0.25, 0.3) is 0 Å². The average Bonchev–Trinajstić information content (AvgIpc) is 3.41. The van der Waals surface area contributed by atoms with Crippen LogP contribution in [0.4, 0.5) is 4.79 Å². The number of cyclic esters (lactones) is 1. The third-order valence-electron chi connectivity index (χ3n) is 6.39. The molecule has 0 aromatic carbocycles. The van der Waals surface area contributed by atoms with Crippen LogP contribution in [0.5, 0.6) is 0 Å². The van der Waals surface area contributed by atoms with Crippen LogP contribution in [0.15, 0.2) is 12.3 Å². The number of piperidine rings is 1. The van der Waals surface area contributed by atoms with Crippen LogP contribution in [0, 0.1) is 5.92 Å². The summed E-state index contributed by atoms with van der Waals surface area (Å²) >= 11 is 0. The molecule has 0 bridgehead atoms. The monoisotopic (exact) mass is 403 g/mol. The molecule has 1 aliphatic carbocycles. The summed E-state index contributed by atoms with van der Waals surface area (Å²) in [7, 11) is 0. The van der Waals surface area contributed by atoms with Gasteiger partial charge in [0.2, 0.25) is 11.8 Å². The number of rotatable bonds is 5. The Balaban J connectivity index is 1.18. The van der Waals surface area contributed by atoms with Gasteiger partial charge in [0, 0.05) is 42.9 Å². The molecule has 3 heterocycles. The van der Waals surface area contributed by atoms with Gasteiger partial charge in [-0.1, -0.05) is 0 Å². The number of nitrogens with zero attached hydrogens (tertiary/aromatic N) is 3. The van der Waals surface area contributed by atoms with Crippen LogP contribution >= 0.6 is 0 Å². The highest BCUT2D eigenvalue weighted by Gasteiger charge is 2.33. The van der Waals surface area contributed by atoms with E-state index in [0.29, 0.717) is 19.1 Å². The Morgan fingerprint density at radius 3 is 2.52 bits per heavy atom. The number of aromatic nitrogens is 2. The second-order valence-corrected chi connectivity index (χ2v) is 8.26. The van der Waals surface area contributed by atoms with E-state index in [1.165, 1.54) is 4.90 Å². The first-order valence-corrected chi connectivity index (χ1v) is 10.6. The van der Waals surface area contributed by atoms with Crippen molar-refractivity contribution in [1.82, 2.24) is 25.3 Å². The van der Waals surface area contributed by atoms with E-state index in [4.69, 9.17) is 4.74 Å². The van der Waals surface area contributed by atoms with E-state index in [9.17, 15) is 14.4 Å². The molecule has 9 heteroatoms. The zero-order valence-corrected chi connectivity index (χ0v) is 16.6. The third kappa shape index (κ3) is 4.71. The number of nitrogens with one attached hydrogen (secondary N) is 2. The lowest BCUT2D eigenvalue weighted by molar-refractivity contribution is -0.137. The van der Waals surface area contributed by atoms with Gasteiger partial charge in [0.05, 0.1) is 6.54 Å². The van der Waals surface area contributed by atoms with Crippen molar-refractivity contribution >= 4 is 17.9 Å². The van der Waals surface area contributed by atoms with Crippen LogP contribution in [-0.2, 0) is 14.3 Å². The van der Waals surface area contributed by atoms with Gasteiger partial charge in [0.1, 0.15) is 13.2 Å². The molecule has 4 rings (SSSR count). The lowest BCUT2D eigenvalue weighted by Crippen LogP contribution is -2.46. The highest BCUT2D eigenvalue weighted by Crippen LogP contribution is 2.30. The predicted molar refractivity (Wildman–Crippen MR) is 104 cm³/mol. The van der Waals surface area contributed by atoms with Crippen LogP contribution in [-0.4, -0.2) is 76.7 Å². The summed E-state index contributed by atoms with van der Waals surface area (Å²) in [5, 5.41) is 10.1. The molecule has 1 aromatic rings. The minimum Gasteiger partial charge on any atom is -0.448 e. The number of likely N-dealkylation sites (tertiary alicyclic amines) is 1. The highest BCUT2D eigenvalue weighted by atomic mass is 16.6. The Morgan fingerprint density at radius 2 is 1.90 bits per heavy atom. The first-order chi connectivity index (χ1) is 14.1. The van der Waals surface area contributed by atoms with Crippen LogP contribution in [0.3, 0.4) is 0 Å². The predicted octanol–water partition coefficient (Wildman–Crippen LogP) is 1.24. The normalized spacial score (nSPS) is 25.7. The minimum atomic E-state index is -0.425. The van der Waals surface area contributed by atoms with Gasteiger partial charge >= 0.3 is 6.09 Å². The quantitative estimate of drug-likeness (QED) is 0.769. The molecule has 2 aliphatic heterocycles. The van der Waals surface area contributed by atoms with Gasteiger partial charge in [-0.2, -0.15) is 5.10 Å². The molecule has 9 nitrogen and oxygen atoms in total. The largest absolute Gasteiger partial charge is 0.448 e. The van der Waals surface area contributed by atoms with Crippen molar-refractivity contribution in [3.8, 4) is 0 Å². The van der Waals surface area contributed by atoms with E-state index in [1.807, 2.05) is 11.0 Å². The average molecular weight is 403 g/mol. The Bertz CT molecular complexity index is 721. The van der Waals surface area contributed by atoms with E-state index >= 15 is 0 Å². The van der Waals surface area contributed by atoms with Crippen molar-refractivity contribution in [2.24, 2.45) is 5.92 Å². The second-order valence-electron chi connectivity index (χ2n) is 8.26. The zero-order valence-electron chi connectivity index (χ0n) is 16.6. The third-order valence-corrected chi connectivity index (χ3v) is 6.39. The van der Waals surface area contributed by atoms with Gasteiger partial charge in [-0.25, -0.2) is 4.79 Å². The molecule has 1 aromatic heterocycles. The van der Waals surface area contributed by atoms with Crippen molar-refractivity contribution < 1.29 is 19.1 Å². The van der Waals surface area contributed by atoms with Gasteiger partial charge in [-0.15, -0.1) is 0 Å². The Hall–Kier alpha value is -2.58. The van der Waals surface area contributed by atoms with Gasteiger partial charge < -0.3 is 15.0 Å². The number of aromatic amines is 1. The van der Waals surface area contributed by atoms with Crippen LogP contribution in [0.1, 0.15) is 50.1 Å². The summed E-state index contributed by atoms with van der Waals surface area (Å²) in [5.41, 5.74) is 1.16. The molecule has 0 atom stereocenters. The van der Waals surface area contributed by atoms with Crippen molar-refractivity contribution in [3.05, 3.63) is 18.0 Å². The fraction of sp³-hybridized carbons (Fsp3) is 0.700. The fourth-order valence-corrected chi connectivity index (χ4v) is 4.66. The van der Waals surface area contributed by atoms with E-state index in [1.54, 1.807) is 6.20 Å². The zero-order chi connectivity index (χ0) is 20.2. The van der Waals surface area contributed by atoms with E-state index < -0.39 is 6.09 Å². The van der Waals surface area contributed by atoms with Gasteiger partial charge in [-0.05, 0) is 44.6 Å². The first kappa shape index (κ1) is 19.7. The molecule has 0 unspecified atom stereocenters. The smallest absolute Gasteiger partial charge is 0.410 e. The van der Waals surface area contributed by atoms with Gasteiger partial charge in [-0.3, -0.25) is 19.6 Å². The number of H-pyrrole nitrogens is 1. The van der Waals surface area contributed by atoms with E-state index in [0.717, 1.165) is 57.3 Å². The second kappa shape index (κ2) is 8.84. The van der Waals surface area contributed by atoms with E-state index in [-0.39, 0.29) is 30.3 Å². The molecule has 2 saturated heterocycles. The summed E-state index contributed by atoms with van der Waals surface area (Å²) in [6, 6.07) is 2.10. The molecular formula is C20H29N5O4. The van der Waals surface area contributed by atoms with Crippen molar-refractivity contribution in [2.45, 2.75) is 50.5 Å². The van der Waals surface area contributed by atoms with Crippen molar-refractivity contribution in [3.63, 3.8) is 0 Å². The van der Waals surface area contributed by atoms with Crippen LogP contribution < -0.4 is 5.32 Å². The Labute approximate surface area is 170 Å². The maximum absolute atomic E-state index is 12.9. The number of amides is 3. The summed E-state index contributed by atoms with van der Waals surface area (Å²) in [6.45, 7) is 2.45. The summed E-state index contributed by atoms with van der Waals surface area (Å²) in [4.78, 5) is 39.9. The minimum absolute atomic E-state index is 0.0446. The topological polar surface area (TPSA) is 108 Å². The molecule has 0 radical (unpaired) electrons. The summed E-state index contributed by atoms with van der Waals surface area (Å²) < 4.78 is 4.84. The summed E-state index contributed by atoms with van der Waals surface area (Å²) in [6.07, 6.45) is 6.50. The molecule has 2 N–H and O–H groups in total. The molecule has 3 fully saturated rings. The summed E-state index contributed by atoms with van der Waals surface area (Å²) in [5.74, 6) is 0.623. The molecule has 1 saturated carbocycles. The van der Waals surface area contributed by atoms with Crippen LogP contribution in [0.2, 0.25) is 0 Å². The highest BCUT2D eigenvalue weighted by molar-refractivity contribution is 5.83. The molecular weight excluding hydrogens is 374 g/mol. The molecule has 158 valence electrons. The number of carbonyl (C=O) groups is 3. The number of hydrogen-bond donors (Lipinski definition) is 2. The Kier molecular flexibility index (Phi) is 6.01. The maximum atomic E-state index is 12.9. The first-order valence-electron chi connectivity index (χ1n) is 10.6. The fourth-order valence-electron chi connectivity index (χ4n) is 4.66. The number of hydrogen-bond acceptors (Lipinski definition) is 5. The maximum Gasteiger partial charge on any atom is 0.410 e. The van der Waals surface area contributed by atoms with E-state index in [2.05, 4.69) is 15.5 Å². The molecule has 3 aliphatic rings. The lowest BCUT2D eigenvalue weighted by Gasteiger charge is -2.36. The lowest BCUT2D eigenvalue weighted by atomic mass is 9.84.